The van der Waals surface area contributed by atoms with Gasteiger partial charge in [0.15, 0.2) is 11.4 Å². The molecular weight excluding hydrogens is 296 g/mol. The maximum Gasteiger partial charge on any atom is 0.475 e. The second-order valence-corrected chi connectivity index (χ2v) is 5.47. The van der Waals surface area contributed by atoms with E-state index in [9.17, 15) is 19.2 Å². The van der Waals surface area contributed by atoms with Gasteiger partial charge in [0.1, 0.15) is 0 Å². The molecule has 0 bridgehead atoms. The van der Waals surface area contributed by atoms with Crippen LogP contribution in [0, 0.1) is 5.82 Å². The molecule has 1 heterocycles. The number of nitrogens with one attached hydrogen (secondary N) is 1. The van der Waals surface area contributed by atoms with Crippen molar-refractivity contribution in [3.05, 3.63) is 35.8 Å². The number of rotatable bonds is 6. The molecule has 0 saturated carbocycles. The van der Waals surface area contributed by atoms with Gasteiger partial charge >= 0.3 is 7.12 Å². The van der Waals surface area contributed by atoms with E-state index in [1.165, 1.54) is 24.1 Å². The SMILES string of the molecule is CSCC(=O)N[C@H](Cc1coc2c(F)cccc12)B(O)O. The molecule has 1 aromatic carbocycles. The monoisotopic (exact) mass is 311 g/mol. The molecule has 0 fully saturated rings. The van der Waals surface area contributed by atoms with Crippen molar-refractivity contribution < 1.29 is 23.7 Å². The summed E-state index contributed by atoms with van der Waals surface area (Å²) in [4.78, 5) is 11.6. The first-order chi connectivity index (χ1) is 10.0. The van der Waals surface area contributed by atoms with Crippen LogP contribution in [0.2, 0.25) is 0 Å². The van der Waals surface area contributed by atoms with Gasteiger partial charge in [-0.15, -0.1) is 0 Å². The van der Waals surface area contributed by atoms with Crippen molar-refractivity contribution in [2.24, 2.45) is 0 Å². The molecule has 0 spiro atoms. The topological polar surface area (TPSA) is 82.7 Å². The number of carbonyl (C=O) groups is 1. The molecule has 1 atom stereocenters. The predicted molar refractivity (Wildman–Crippen MR) is 80.4 cm³/mol. The molecule has 0 aliphatic rings. The molecule has 0 radical (unpaired) electrons. The van der Waals surface area contributed by atoms with Crippen LogP contribution in [0.15, 0.2) is 28.9 Å². The average Bonchev–Trinajstić information content (AvgIpc) is 2.83. The average molecular weight is 311 g/mol. The van der Waals surface area contributed by atoms with Crippen molar-refractivity contribution >= 4 is 35.8 Å². The van der Waals surface area contributed by atoms with Gasteiger partial charge in [-0.3, -0.25) is 4.79 Å². The largest absolute Gasteiger partial charge is 0.475 e. The van der Waals surface area contributed by atoms with Crippen molar-refractivity contribution in [1.29, 1.82) is 0 Å². The highest BCUT2D eigenvalue weighted by Gasteiger charge is 2.27. The fourth-order valence-electron chi connectivity index (χ4n) is 2.08. The third-order valence-corrected chi connectivity index (χ3v) is 3.60. The second-order valence-electron chi connectivity index (χ2n) is 4.60. The summed E-state index contributed by atoms with van der Waals surface area (Å²) in [5, 5.41) is 21.9. The van der Waals surface area contributed by atoms with Crippen LogP contribution in [0.25, 0.3) is 11.0 Å². The third-order valence-electron chi connectivity index (χ3n) is 3.05. The van der Waals surface area contributed by atoms with Gasteiger partial charge in [-0.05, 0) is 24.3 Å². The van der Waals surface area contributed by atoms with Crippen LogP contribution in [-0.2, 0) is 11.2 Å². The molecule has 112 valence electrons. The van der Waals surface area contributed by atoms with Crippen LogP contribution < -0.4 is 5.32 Å². The van der Waals surface area contributed by atoms with Gasteiger partial charge in [0.05, 0.1) is 18.0 Å². The highest BCUT2D eigenvalue weighted by Crippen LogP contribution is 2.24. The Kier molecular flexibility index (Phi) is 5.27. The zero-order chi connectivity index (χ0) is 15.4. The Labute approximate surface area is 125 Å². The molecule has 2 rings (SSSR count). The summed E-state index contributed by atoms with van der Waals surface area (Å²) < 4.78 is 18.7. The minimum Gasteiger partial charge on any atom is -0.461 e. The van der Waals surface area contributed by atoms with E-state index in [0.717, 1.165) is 0 Å². The molecule has 3 N–H and O–H groups in total. The van der Waals surface area contributed by atoms with E-state index in [4.69, 9.17) is 4.42 Å². The summed E-state index contributed by atoms with van der Waals surface area (Å²) in [5.74, 6) is -1.43. The van der Waals surface area contributed by atoms with Crippen LogP contribution in [0.5, 0.6) is 0 Å². The van der Waals surface area contributed by atoms with E-state index in [1.807, 2.05) is 0 Å². The first-order valence-electron chi connectivity index (χ1n) is 6.32. The standard InChI is InChI=1S/C13H15BFNO4S/c1-21-7-12(17)16-11(14(18)19)5-8-6-20-13-9(8)3-2-4-10(13)15/h2-4,6,11,18-19H,5,7H2,1H3,(H,16,17)/t11-/m1/s1. The molecule has 0 unspecified atom stereocenters. The second kappa shape index (κ2) is 6.97. The molecule has 0 aliphatic carbocycles. The van der Waals surface area contributed by atoms with E-state index in [2.05, 4.69) is 5.32 Å². The Morgan fingerprint density at radius 1 is 1.52 bits per heavy atom. The van der Waals surface area contributed by atoms with Gasteiger partial charge in [-0.1, -0.05) is 12.1 Å². The summed E-state index contributed by atoms with van der Waals surface area (Å²) in [7, 11) is -1.71. The van der Waals surface area contributed by atoms with E-state index < -0.39 is 18.9 Å². The number of halogens is 1. The van der Waals surface area contributed by atoms with Crippen LogP contribution in [-0.4, -0.2) is 41.0 Å². The van der Waals surface area contributed by atoms with E-state index in [0.29, 0.717) is 10.9 Å². The fraction of sp³-hybridized carbons (Fsp3) is 0.308. The highest BCUT2D eigenvalue weighted by atomic mass is 32.2. The number of fused-ring (bicyclic) bond motifs is 1. The maximum absolute atomic E-state index is 13.5. The Bertz CT molecular complexity index is 634. The van der Waals surface area contributed by atoms with Crippen molar-refractivity contribution in [3.8, 4) is 0 Å². The van der Waals surface area contributed by atoms with Crippen LogP contribution in [0.3, 0.4) is 0 Å². The molecule has 1 amide bonds. The van der Waals surface area contributed by atoms with Crippen LogP contribution in [0.1, 0.15) is 5.56 Å². The van der Waals surface area contributed by atoms with Crippen LogP contribution >= 0.6 is 11.8 Å². The first kappa shape index (κ1) is 15.9. The first-order valence-corrected chi connectivity index (χ1v) is 7.71. The van der Waals surface area contributed by atoms with Gasteiger partial charge in [0, 0.05) is 5.39 Å². The minimum absolute atomic E-state index is 0.120. The summed E-state index contributed by atoms with van der Waals surface area (Å²) in [6, 6.07) is 4.52. The Morgan fingerprint density at radius 3 is 2.95 bits per heavy atom. The number of para-hydroxylation sites is 1. The van der Waals surface area contributed by atoms with E-state index in [-0.39, 0.29) is 23.7 Å². The molecule has 0 aliphatic heterocycles. The number of amides is 1. The lowest BCUT2D eigenvalue weighted by Gasteiger charge is -2.17. The van der Waals surface area contributed by atoms with Gasteiger partial charge in [-0.25, -0.2) is 4.39 Å². The quantitative estimate of drug-likeness (QED) is 0.693. The lowest BCUT2D eigenvalue weighted by atomic mass is 9.76. The molecular formula is C13H15BFNO4S. The Hall–Kier alpha value is -1.51. The third kappa shape index (κ3) is 3.78. The number of carbonyl (C=O) groups excluding carboxylic acids is 1. The lowest BCUT2D eigenvalue weighted by Crippen LogP contribution is -2.48. The number of benzene rings is 1. The van der Waals surface area contributed by atoms with Gasteiger partial charge in [0.25, 0.3) is 0 Å². The normalized spacial score (nSPS) is 12.4. The molecule has 21 heavy (non-hydrogen) atoms. The van der Waals surface area contributed by atoms with E-state index in [1.54, 1.807) is 18.4 Å². The van der Waals surface area contributed by atoms with Gasteiger partial charge in [-0.2, -0.15) is 11.8 Å². The molecule has 5 nitrogen and oxygen atoms in total. The molecule has 0 saturated heterocycles. The molecule has 2 aromatic rings. The maximum atomic E-state index is 13.5. The molecule has 8 heteroatoms. The lowest BCUT2D eigenvalue weighted by molar-refractivity contribution is -0.118. The highest BCUT2D eigenvalue weighted by molar-refractivity contribution is 7.99. The predicted octanol–water partition coefficient (Wildman–Crippen LogP) is 0.974. The van der Waals surface area contributed by atoms with Crippen molar-refractivity contribution in [1.82, 2.24) is 5.32 Å². The van der Waals surface area contributed by atoms with Crippen molar-refractivity contribution in [3.63, 3.8) is 0 Å². The fourth-order valence-corrected chi connectivity index (χ4v) is 2.43. The number of hydrogen-bond acceptors (Lipinski definition) is 5. The number of hydrogen-bond donors (Lipinski definition) is 3. The van der Waals surface area contributed by atoms with Crippen molar-refractivity contribution in [2.45, 2.75) is 12.4 Å². The number of thioether (sulfide) groups is 1. The summed E-state index contributed by atoms with van der Waals surface area (Å²) >= 11 is 1.33. The van der Waals surface area contributed by atoms with Crippen LogP contribution in [0.4, 0.5) is 4.39 Å². The number of furan rings is 1. The van der Waals surface area contributed by atoms with Gasteiger partial charge < -0.3 is 19.8 Å². The Balaban J connectivity index is 2.19. The van der Waals surface area contributed by atoms with E-state index >= 15 is 0 Å². The molecule has 1 aromatic heterocycles. The Morgan fingerprint density at radius 2 is 2.29 bits per heavy atom. The van der Waals surface area contributed by atoms with Crippen molar-refractivity contribution in [2.75, 3.05) is 12.0 Å². The van der Waals surface area contributed by atoms with Gasteiger partial charge in [0.2, 0.25) is 5.91 Å². The minimum atomic E-state index is -1.71. The summed E-state index contributed by atoms with van der Waals surface area (Å²) in [6.07, 6.45) is 3.27. The summed E-state index contributed by atoms with van der Waals surface area (Å²) in [6.45, 7) is 0. The summed E-state index contributed by atoms with van der Waals surface area (Å²) in [5.41, 5.74) is 0.723. The zero-order valence-corrected chi connectivity index (χ0v) is 12.2. The zero-order valence-electron chi connectivity index (χ0n) is 11.4. The smallest absolute Gasteiger partial charge is 0.461 e.